The Kier molecular flexibility index (Phi) is 15.1. The highest BCUT2D eigenvalue weighted by molar-refractivity contribution is 5.88. The number of carboxylic acid groups (broad SMARTS) is 1. The summed E-state index contributed by atoms with van der Waals surface area (Å²) in [7, 11) is 0. The Morgan fingerprint density at radius 3 is 1.73 bits per heavy atom. The van der Waals surface area contributed by atoms with Gasteiger partial charge in [-0.1, -0.05) is 119 Å². The lowest BCUT2D eigenvalue weighted by atomic mass is 9.92. The molecule has 0 aliphatic carbocycles. The summed E-state index contributed by atoms with van der Waals surface area (Å²) in [6.07, 6.45) is -1.91. The molecule has 0 spiro atoms. The van der Waals surface area contributed by atoms with E-state index in [1.54, 1.807) is 38.1 Å². The van der Waals surface area contributed by atoms with Crippen LogP contribution in [0.2, 0.25) is 0 Å². The second kappa shape index (κ2) is 19.2. The van der Waals surface area contributed by atoms with Gasteiger partial charge in [-0.25, -0.2) is 9.59 Å². The molecule has 11 nitrogen and oxygen atoms in total. The van der Waals surface area contributed by atoms with Crippen LogP contribution in [0.1, 0.15) is 50.8 Å². The molecule has 0 fully saturated rings. The van der Waals surface area contributed by atoms with Crippen molar-refractivity contribution in [2.75, 3.05) is 0 Å². The maximum Gasteiger partial charge on any atom is 0.408 e. The zero-order valence-corrected chi connectivity index (χ0v) is 28.0. The van der Waals surface area contributed by atoms with Crippen LogP contribution < -0.4 is 21.3 Å². The van der Waals surface area contributed by atoms with Crippen LogP contribution in [0.4, 0.5) is 4.79 Å². The molecule has 3 aromatic rings. The number of carbonyl (C=O) groups excluding carboxylic acids is 3. The molecule has 48 heavy (non-hydrogen) atoms. The lowest BCUT2D eigenvalue weighted by Crippen LogP contribution is -2.62. The van der Waals surface area contributed by atoms with Gasteiger partial charge in [0, 0.05) is 13.0 Å². The molecule has 3 rings (SSSR count). The largest absolute Gasteiger partial charge is 0.480 e. The number of ether oxygens (including phenoxy) is 1. The van der Waals surface area contributed by atoms with Crippen LogP contribution in [-0.2, 0) is 38.7 Å². The minimum Gasteiger partial charge on any atom is -0.480 e. The number of benzene rings is 3. The van der Waals surface area contributed by atoms with Crippen LogP contribution >= 0.6 is 0 Å². The van der Waals surface area contributed by atoms with Gasteiger partial charge in [-0.15, -0.1) is 0 Å². The normalized spacial score (nSPS) is 14.3. The molecule has 3 amide bonds. The summed E-state index contributed by atoms with van der Waals surface area (Å²) >= 11 is 0. The number of amides is 3. The number of aliphatic carboxylic acids is 1. The Balaban J connectivity index is 1.80. The number of hydrogen-bond donors (Lipinski definition) is 6. The summed E-state index contributed by atoms with van der Waals surface area (Å²) in [5.74, 6) is -2.85. The molecule has 0 saturated heterocycles. The third kappa shape index (κ3) is 12.5. The molecule has 0 aliphatic heterocycles. The maximum absolute atomic E-state index is 13.8. The zero-order valence-electron chi connectivity index (χ0n) is 28.0. The first-order valence-electron chi connectivity index (χ1n) is 16.2. The van der Waals surface area contributed by atoms with Crippen LogP contribution in [0.3, 0.4) is 0 Å². The number of hydrogen-bond acceptors (Lipinski definition) is 7. The van der Waals surface area contributed by atoms with E-state index in [0.717, 1.165) is 16.7 Å². The molecule has 3 aromatic carbocycles. The number of carboxylic acids is 1. The standard InChI is InChI=1S/C37H48N4O7/c1-24(2)20-29(39-34(43)31(25(3)4)41-37(47)48-23-28-18-12-7-13-19-28)33(42)32(38-22-27-16-10-6-11-17-27)35(44)40-30(36(45)46)21-26-14-8-5-9-15-26/h5-19,24-25,29-33,38,42H,20-23H2,1-4H3,(H,39,43)(H,40,44)(H,41,47)(H,45,46)/t29-,30-,31-,32?,33?/m0/s1. The van der Waals surface area contributed by atoms with Gasteiger partial charge >= 0.3 is 12.1 Å². The van der Waals surface area contributed by atoms with Crippen LogP contribution in [0.25, 0.3) is 0 Å². The first-order valence-corrected chi connectivity index (χ1v) is 16.2. The molecule has 5 atom stereocenters. The molecule has 0 aromatic heterocycles. The molecule has 0 saturated carbocycles. The maximum atomic E-state index is 13.8. The highest BCUT2D eigenvalue weighted by Gasteiger charge is 2.37. The van der Waals surface area contributed by atoms with E-state index in [1.165, 1.54) is 0 Å². The van der Waals surface area contributed by atoms with Gasteiger partial charge in [0.25, 0.3) is 0 Å². The molecular formula is C37H48N4O7. The zero-order chi connectivity index (χ0) is 35.1. The van der Waals surface area contributed by atoms with Gasteiger partial charge in [-0.05, 0) is 34.9 Å². The average Bonchev–Trinajstić information content (AvgIpc) is 3.06. The van der Waals surface area contributed by atoms with Crippen molar-refractivity contribution in [3.8, 4) is 0 Å². The van der Waals surface area contributed by atoms with E-state index in [1.807, 2.05) is 80.6 Å². The van der Waals surface area contributed by atoms with Crippen molar-refractivity contribution in [1.82, 2.24) is 21.3 Å². The van der Waals surface area contributed by atoms with Crippen molar-refractivity contribution < 1.29 is 34.1 Å². The van der Waals surface area contributed by atoms with Crippen molar-refractivity contribution in [3.63, 3.8) is 0 Å². The number of nitrogens with one attached hydrogen (secondary N) is 4. The third-order valence-electron chi connectivity index (χ3n) is 7.79. The summed E-state index contributed by atoms with van der Waals surface area (Å²) in [4.78, 5) is 52.3. The molecule has 0 bridgehead atoms. The first-order chi connectivity index (χ1) is 22.9. The molecule has 11 heteroatoms. The number of rotatable bonds is 18. The minimum absolute atomic E-state index is 0.00562. The van der Waals surface area contributed by atoms with Crippen LogP contribution in [0.5, 0.6) is 0 Å². The minimum atomic E-state index is -1.47. The Morgan fingerprint density at radius 1 is 0.688 bits per heavy atom. The molecule has 6 N–H and O–H groups in total. The fourth-order valence-corrected chi connectivity index (χ4v) is 5.23. The van der Waals surface area contributed by atoms with Crippen LogP contribution in [0, 0.1) is 11.8 Å². The van der Waals surface area contributed by atoms with E-state index in [0.29, 0.717) is 6.42 Å². The number of aliphatic hydroxyl groups is 1. The van der Waals surface area contributed by atoms with E-state index in [-0.39, 0.29) is 31.4 Å². The Morgan fingerprint density at radius 2 is 1.21 bits per heavy atom. The lowest BCUT2D eigenvalue weighted by molar-refractivity contribution is -0.142. The number of aliphatic hydroxyl groups excluding tert-OH is 1. The number of carbonyl (C=O) groups is 4. The van der Waals surface area contributed by atoms with Crippen molar-refractivity contribution >= 4 is 23.9 Å². The molecule has 258 valence electrons. The second-order valence-corrected chi connectivity index (χ2v) is 12.6. The quantitative estimate of drug-likeness (QED) is 0.120. The monoisotopic (exact) mass is 660 g/mol. The van der Waals surface area contributed by atoms with E-state index < -0.39 is 54.1 Å². The van der Waals surface area contributed by atoms with Crippen molar-refractivity contribution in [1.29, 1.82) is 0 Å². The van der Waals surface area contributed by atoms with Gasteiger partial charge in [-0.2, -0.15) is 0 Å². The number of alkyl carbamates (subject to hydrolysis) is 1. The summed E-state index contributed by atoms with van der Waals surface area (Å²) in [5, 5.41) is 32.9. The van der Waals surface area contributed by atoms with Gasteiger partial charge in [0.05, 0.1) is 12.1 Å². The molecule has 0 radical (unpaired) electrons. The molecular weight excluding hydrogens is 612 g/mol. The predicted octanol–water partition coefficient (Wildman–Crippen LogP) is 3.80. The van der Waals surface area contributed by atoms with E-state index >= 15 is 0 Å². The van der Waals surface area contributed by atoms with E-state index in [4.69, 9.17) is 4.74 Å². The Hall–Kier alpha value is -4.74. The lowest BCUT2D eigenvalue weighted by Gasteiger charge is -2.33. The van der Waals surface area contributed by atoms with Crippen molar-refractivity contribution in [2.45, 2.75) is 84.0 Å². The van der Waals surface area contributed by atoms with Gasteiger partial charge in [0.15, 0.2) is 0 Å². The van der Waals surface area contributed by atoms with Crippen LogP contribution in [-0.4, -0.2) is 64.4 Å². The van der Waals surface area contributed by atoms with E-state index in [2.05, 4.69) is 21.3 Å². The summed E-state index contributed by atoms with van der Waals surface area (Å²) < 4.78 is 5.33. The van der Waals surface area contributed by atoms with Gasteiger partial charge in [-0.3, -0.25) is 14.9 Å². The van der Waals surface area contributed by atoms with Crippen LogP contribution in [0.15, 0.2) is 91.0 Å². The van der Waals surface area contributed by atoms with Crippen molar-refractivity contribution in [3.05, 3.63) is 108 Å². The Labute approximate surface area is 282 Å². The smallest absolute Gasteiger partial charge is 0.408 e. The molecule has 0 aliphatic rings. The fraction of sp³-hybridized carbons (Fsp3) is 0.405. The SMILES string of the molecule is CC(C)C[C@H](NC(=O)[C@@H](NC(=O)OCc1ccccc1)C(C)C)C(O)C(NCc1ccccc1)C(=O)N[C@@H](Cc1ccccc1)C(=O)O. The van der Waals surface area contributed by atoms with Gasteiger partial charge in [0.1, 0.15) is 24.7 Å². The Bertz CT molecular complexity index is 1440. The van der Waals surface area contributed by atoms with Gasteiger partial charge in [0.2, 0.25) is 11.8 Å². The first kappa shape index (κ1) is 37.7. The summed E-state index contributed by atoms with van der Waals surface area (Å²) in [6.45, 7) is 7.59. The average molecular weight is 661 g/mol. The second-order valence-electron chi connectivity index (χ2n) is 12.6. The topological polar surface area (TPSA) is 166 Å². The highest BCUT2D eigenvalue weighted by atomic mass is 16.5. The van der Waals surface area contributed by atoms with Crippen molar-refractivity contribution in [2.24, 2.45) is 11.8 Å². The third-order valence-corrected chi connectivity index (χ3v) is 7.79. The summed E-state index contributed by atoms with van der Waals surface area (Å²) in [6, 6.07) is 22.8. The fourth-order valence-electron chi connectivity index (χ4n) is 5.23. The van der Waals surface area contributed by atoms with E-state index in [9.17, 15) is 29.4 Å². The predicted molar refractivity (Wildman–Crippen MR) is 183 cm³/mol. The molecule has 0 heterocycles. The molecule has 2 unspecified atom stereocenters. The van der Waals surface area contributed by atoms with Gasteiger partial charge < -0.3 is 30.9 Å². The summed E-state index contributed by atoms with van der Waals surface area (Å²) in [5.41, 5.74) is 2.35. The highest BCUT2D eigenvalue weighted by Crippen LogP contribution is 2.15.